The second-order valence-corrected chi connectivity index (χ2v) is 7.36. The first-order chi connectivity index (χ1) is 13.6. The molecular weight excluding hydrogens is 428 g/mol. The van der Waals surface area contributed by atoms with Crippen molar-refractivity contribution in [1.29, 1.82) is 0 Å². The van der Waals surface area contributed by atoms with Gasteiger partial charge in [-0.1, -0.05) is 0 Å². The van der Waals surface area contributed by atoms with Crippen LogP contribution in [0.3, 0.4) is 0 Å². The molecular formula is C19H19BrN4O4. The topological polar surface area (TPSA) is 91.3 Å². The van der Waals surface area contributed by atoms with Crippen molar-refractivity contribution in [2.45, 2.75) is 25.4 Å². The Hall–Kier alpha value is -2.81. The molecule has 4 rings (SSSR count). The Balaban J connectivity index is 1.48. The van der Waals surface area contributed by atoms with Gasteiger partial charge in [-0.15, -0.1) is 5.10 Å². The van der Waals surface area contributed by atoms with Crippen molar-refractivity contribution in [2.24, 2.45) is 0 Å². The summed E-state index contributed by atoms with van der Waals surface area (Å²) in [4.78, 5) is 25.2. The Labute approximate surface area is 169 Å². The van der Waals surface area contributed by atoms with Crippen LogP contribution in [-0.4, -0.2) is 33.9 Å². The van der Waals surface area contributed by atoms with Crippen LogP contribution in [-0.2, 0) is 6.54 Å². The normalized spacial score (nSPS) is 13.5. The molecule has 2 heterocycles. The molecule has 0 bridgehead atoms. The Kier molecular flexibility index (Phi) is 5.08. The van der Waals surface area contributed by atoms with Crippen LogP contribution in [0, 0.1) is 0 Å². The lowest BCUT2D eigenvalue weighted by molar-refractivity contribution is 0.0950. The van der Waals surface area contributed by atoms with Gasteiger partial charge < -0.3 is 14.5 Å². The van der Waals surface area contributed by atoms with Crippen molar-refractivity contribution in [1.82, 2.24) is 19.7 Å². The van der Waals surface area contributed by atoms with Crippen LogP contribution in [0.15, 0.2) is 50.3 Å². The molecule has 1 aliphatic carbocycles. The Bertz CT molecular complexity index is 1050. The van der Waals surface area contributed by atoms with Crippen LogP contribution < -0.4 is 15.7 Å². The highest BCUT2D eigenvalue weighted by Gasteiger charge is 2.31. The first-order valence-electron chi connectivity index (χ1n) is 8.93. The maximum absolute atomic E-state index is 12.7. The standard InChI is InChI=1S/C19H19BrN4O4/c1-27-13-6-7-15(20)14(11-13)18(25)21-8-9-23-19(26)24(12-4-5-12)17(22-23)16-3-2-10-28-16/h2-3,6-7,10-12H,4-5,8-9H2,1H3,(H,21,25). The molecule has 0 saturated heterocycles. The monoisotopic (exact) mass is 446 g/mol. The van der Waals surface area contributed by atoms with E-state index in [0.29, 0.717) is 27.4 Å². The molecule has 0 radical (unpaired) electrons. The van der Waals surface area contributed by atoms with E-state index in [4.69, 9.17) is 9.15 Å². The molecule has 8 nitrogen and oxygen atoms in total. The smallest absolute Gasteiger partial charge is 0.346 e. The van der Waals surface area contributed by atoms with Crippen LogP contribution in [0.2, 0.25) is 0 Å². The second-order valence-electron chi connectivity index (χ2n) is 6.51. The summed E-state index contributed by atoms with van der Waals surface area (Å²) >= 11 is 3.37. The van der Waals surface area contributed by atoms with Crippen molar-refractivity contribution in [2.75, 3.05) is 13.7 Å². The maximum atomic E-state index is 12.7. The van der Waals surface area contributed by atoms with Crippen molar-refractivity contribution in [3.8, 4) is 17.3 Å². The van der Waals surface area contributed by atoms with Gasteiger partial charge in [0.25, 0.3) is 5.91 Å². The highest BCUT2D eigenvalue weighted by atomic mass is 79.9. The van der Waals surface area contributed by atoms with Gasteiger partial charge in [-0.2, -0.15) is 0 Å². The van der Waals surface area contributed by atoms with Crippen LogP contribution in [0.1, 0.15) is 29.2 Å². The second kappa shape index (κ2) is 7.67. The van der Waals surface area contributed by atoms with E-state index in [1.54, 1.807) is 48.3 Å². The molecule has 9 heteroatoms. The summed E-state index contributed by atoms with van der Waals surface area (Å²) in [6.45, 7) is 0.529. The number of hydrogen-bond donors (Lipinski definition) is 1. The lowest BCUT2D eigenvalue weighted by atomic mass is 10.2. The van der Waals surface area contributed by atoms with Gasteiger partial charge in [0, 0.05) is 17.1 Å². The predicted molar refractivity (Wildman–Crippen MR) is 105 cm³/mol. The number of ether oxygens (including phenoxy) is 1. The predicted octanol–water partition coefficient (Wildman–Crippen LogP) is 2.84. The summed E-state index contributed by atoms with van der Waals surface area (Å²) in [5, 5.41) is 7.24. The van der Waals surface area contributed by atoms with E-state index in [1.807, 2.05) is 0 Å². The van der Waals surface area contributed by atoms with Crippen molar-refractivity contribution >= 4 is 21.8 Å². The minimum Gasteiger partial charge on any atom is -0.497 e. The molecule has 0 aliphatic heterocycles. The number of rotatable bonds is 7. The lowest BCUT2D eigenvalue weighted by Gasteiger charge is -2.08. The molecule has 0 atom stereocenters. The summed E-state index contributed by atoms with van der Waals surface area (Å²) in [5.74, 6) is 1.43. The zero-order chi connectivity index (χ0) is 19.7. The Morgan fingerprint density at radius 1 is 1.39 bits per heavy atom. The number of carbonyl (C=O) groups excluding carboxylic acids is 1. The maximum Gasteiger partial charge on any atom is 0.346 e. The minimum absolute atomic E-state index is 0.170. The number of halogens is 1. The van der Waals surface area contributed by atoms with E-state index in [9.17, 15) is 9.59 Å². The Morgan fingerprint density at radius 2 is 2.21 bits per heavy atom. The van der Waals surface area contributed by atoms with Gasteiger partial charge in [-0.05, 0) is 59.1 Å². The fourth-order valence-corrected chi connectivity index (χ4v) is 3.40. The lowest BCUT2D eigenvalue weighted by Crippen LogP contribution is -2.32. The van der Waals surface area contributed by atoms with Gasteiger partial charge in [-0.25, -0.2) is 9.48 Å². The largest absolute Gasteiger partial charge is 0.497 e. The van der Waals surface area contributed by atoms with Gasteiger partial charge in [0.15, 0.2) is 5.76 Å². The summed E-state index contributed by atoms with van der Waals surface area (Å²) < 4.78 is 14.3. The minimum atomic E-state index is -0.258. The molecule has 1 N–H and O–H groups in total. The van der Waals surface area contributed by atoms with E-state index < -0.39 is 0 Å². The van der Waals surface area contributed by atoms with Crippen molar-refractivity contribution in [3.05, 3.63) is 57.1 Å². The fraction of sp³-hybridized carbons (Fsp3) is 0.316. The molecule has 1 aromatic carbocycles. The van der Waals surface area contributed by atoms with Crippen LogP contribution in [0.4, 0.5) is 0 Å². The third-order valence-corrected chi connectivity index (χ3v) is 5.24. The molecule has 1 saturated carbocycles. The van der Waals surface area contributed by atoms with Crippen molar-refractivity contribution in [3.63, 3.8) is 0 Å². The van der Waals surface area contributed by atoms with Gasteiger partial charge in [0.2, 0.25) is 5.82 Å². The SMILES string of the molecule is COc1ccc(Br)c(C(=O)NCCn2nc(-c3ccco3)n(C3CC3)c2=O)c1. The van der Waals surface area contributed by atoms with Crippen LogP contribution in [0.25, 0.3) is 11.6 Å². The fourth-order valence-electron chi connectivity index (χ4n) is 2.98. The highest BCUT2D eigenvalue weighted by molar-refractivity contribution is 9.10. The third-order valence-electron chi connectivity index (χ3n) is 4.55. The third kappa shape index (κ3) is 3.62. The number of furan rings is 1. The van der Waals surface area contributed by atoms with Gasteiger partial charge in [0.05, 0.1) is 25.5 Å². The molecule has 0 unspecified atom stereocenters. The summed E-state index contributed by atoms with van der Waals surface area (Å²) in [6, 6.07) is 8.90. The first-order valence-corrected chi connectivity index (χ1v) is 9.72. The molecule has 1 aliphatic rings. The zero-order valence-corrected chi connectivity index (χ0v) is 16.8. The molecule has 1 fully saturated rings. The highest BCUT2D eigenvalue weighted by Crippen LogP contribution is 2.36. The van der Waals surface area contributed by atoms with E-state index in [2.05, 4.69) is 26.3 Å². The molecule has 146 valence electrons. The molecule has 0 spiro atoms. The van der Waals surface area contributed by atoms with E-state index in [0.717, 1.165) is 12.8 Å². The van der Waals surface area contributed by atoms with Gasteiger partial charge in [-0.3, -0.25) is 9.36 Å². The van der Waals surface area contributed by atoms with Crippen molar-refractivity contribution < 1.29 is 13.9 Å². The van der Waals surface area contributed by atoms with Crippen LogP contribution in [0.5, 0.6) is 5.75 Å². The van der Waals surface area contributed by atoms with Gasteiger partial charge in [0.1, 0.15) is 5.75 Å². The number of nitrogens with zero attached hydrogens (tertiary/aromatic N) is 3. The number of aromatic nitrogens is 3. The molecule has 3 aromatic rings. The average molecular weight is 447 g/mol. The van der Waals surface area contributed by atoms with E-state index in [1.165, 1.54) is 4.68 Å². The number of amides is 1. The average Bonchev–Trinajstić information content (AvgIpc) is 3.27. The summed E-state index contributed by atoms with van der Waals surface area (Å²) in [6.07, 6.45) is 3.47. The number of nitrogens with one attached hydrogen (secondary N) is 1. The molecule has 2 aromatic heterocycles. The van der Waals surface area contributed by atoms with Gasteiger partial charge >= 0.3 is 5.69 Å². The summed E-state index contributed by atoms with van der Waals surface area (Å²) in [5.41, 5.74) is 0.275. The number of hydrogen-bond acceptors (Lipinski definition) is 5. The van der Waals surface area contributed by atoms with Crippen LogP contribution >= 0.6 is 15.9 Å². The quantitative estimate of drug-likeness (QED) is 0.602. The molecule has 1 amide bonds. The van der Waals surface area contributed by atoms with E-state index in [-0.39, 0.29) is 30.7 Å². The first kappa shape index (κ1) is 18.5. The van der Waals surface area contributed by atoms with E-state index >= 15 is 0 Å². The Morgan fingerprint density at radius 3 is 2.89 bits per heavy atom. The number of benzene rings is 1. The number of methoxy groups -OCH3 is 1. The summed E-state index contributed by atoms with van der Waals surface area (Å²) in [7, 11) is 1.55. The number of carbonyl (C=O) groups is 1. The zero-order valence-electron chi connectivity index (χ0n) is 15.2. The molecule has 28 heavy (non-hydrogen) atoms.